The zero-order valence-electron chi connectivity index (χ0n) is 11.0. The van der Waals surface area contributed by atoms with Crippen molar-refractivity contribution in [1.82, 2.24) is 10.3 Å². The van der Waals surface area contributed by atoms with E-state index in [1.54, 1.807) is 17.5 Å². The summed E-state index contributed by atoms with van der Waals surface area (Å²) in [7, 11) is 0. The van der Waals surface area contributed by atoms with Crippen LogP contribution in [0.25, 0.3) is 0 Å². The summed E-state index contributed by atoms with van der Waals surface area (Å²) in [5, 5.41) is 16.3. The van der Waals surface area contributed by atoms with Gasteiger partial charge in [0.25, 0.3) is 0 Å². The minimum absolute atomic E-state index is 0.0310. The quantitative estimate of drug-likeness (QED) is 0.870. The number of aliphatic hydroxyl groups is 1. The highest BCUT2D eigenvalue weighted by molar-refractivity contribution is 7.09. The number of nitrogens with one attached hydrogen (secondary N) is 1. The summed E-state index contributed by atoms with van der Waals surface area (Å²) in [6, 6.07) is 0.0532. The summed E-state index contributed by atoms with van der Waals surface area (Å²) >= 11 is 1.59. The lowest BCUT2D eigenvalue weighted by molar-refractivity contribution is -0.126. The van der Waals surface area contributed by atoms with E-state index in [1.165, 1.54) is 0 Å². The lowest BCUT2D eigenvalue weighted by Gasteiger charge is -2.23. The Labute approximate surface area is 117 Å². The van der Waals surface area contributed by atoms with E-state index in [2.05, 4.69) is 10.3 Å². The molecule has 0 bridgehead atoms. The Morgan fingerprint density at radius 2 is 2.26 bits per heavy atom. The first-order valence-corrected chi connectivity index (χ1v) is 7.95. The van der Waals surface area contributed by atoms with Crippen LogP contribution in [0.2, 0.25) is 0 Å². The van der Waals surface area contributed by atoms with E-state index in [-0.39, 0.29) is 18.4 Å². The number of amides is 1. The Balaban J connectivity index is 1.61. The number of thiazole rings is 1. The molecule has 1 atom stereocenters. The van der Waals surface area contributed by atoms with Crippen molar-refractivity contribution >= 4 is 17.2 Å². The van der Waals surface area contributed by atoms with Crippen molar-refractivity contribution in [2.24, 2.45) is 5.92 Å². The molecule has 19 heavy (non-hydrogen) atoms. The minimum Gasteiger partial charge on any atom is -0.389 e. The van der Waals surface area contributed by atoms with Crippen molar-refractivity contribution in [3.63, 3.8) is 0 Å². The van der Waals surface area contributed by atoms with Gasteiger partial charge in [-0.3, -0.25) is 4.79 Å². The van der Waals surface area contributed by atoms with E-state index in [9.17, 15) is 9.90 Å². The smallest absolute Gasteiger partial charge is 0.223 e. The van der Waals surface area contributed by atoms with Crippen LogP contribution in [0, 0.1) is 5.92 Å². The fourth-order valence-corrected chi connectivity index (χ4v) is 3.71. The highest BCUT2D eigenvalue weighted by atomic mass is 32.1. The van der Waals surface area contributed by atoms with Gasteiger partial charge < -0.3 is 10.4 Å². The molecule has 5 heteroatoms. The summed E-state index contributed by atoms with van der Waals surface area (Å²) in [5.74, 6) is 0.504. The minimum atomic E-state index is -0.763. The van der Waals surface area contributed by atoms with Crippen LogP contribution in [0.1, 0.15) is 56.0 Å². The van der Waals surface area contributed by atoms with Gasteiger partial charge in [-0.15, -0.1) is 11.3 Å². The van der Waals surface area contributed by atoms with Gasteiger partial charge in [0.2, 0.25) is 5.91 Å². The average Bonchev–Trinajstić information content (AvgIpc) is 2.88. The van der Waals surface area contributed by atoms with Crippen LogP contribution in [0.3, 0.4) is 0 Å². The van der Waals surface area contributed by atoms with Gasteiger partial charge in [0.15, 0.2) is 0 Å². The molecular weight excluding hydrogens is 260 g/mol. The SMILES string of the molecule is O=C(CC1(O)CCCC1)NC(c1nccs1)C1CC1. The molecule has 0 aromatic carbocycles. The van der Waals surface area contributed by atoms with Gasteiger partial charge in [0.05, 0.1) is 18.1 Å². The van der Waals surface area contributed by atoms with Gasteiger partial charge >= 0.3 is 0 Å². The van der Waals surface area contributed by atoms with Gasteiger partial charge in [0, 0.05) is 11.6 Å². The second kappa shape index (κ2) is 5.21. The predicted molar refractivity (Wildman–Crippen MR) is 73.8 cm³/mol. The van der Waals surface area contributed by atoms with Crippen molar-refractivity contribution in [1.29, 1.82) is 0 Å². The lowest BCUT2D eigenvalue weighted by Crippen LogP contribution is -2.37. The molecular formula is C14H20N2O2S. The molecule has 2 N–H and O–H groups in total. The molecule has 1 aromatic heterocycles. The molecule has 1 heterocycles. The van der Waals surface area contributed by atoms with Gasteiger partial charge in [-0.05, 0) is 31.6 Å². The maximum Gasteiger partial charge on any atom is 0.223 e. The van der Waals surface area contributed by atoms with Gasteiger partial charge in [-0.25, -0.2) is 4.98 Å². The second-order valence-electron chi connectivity index (χ2n) is 5.86. The molecule has 0 saturated heterocycles. The fourth-order valence-electron chi connectivity index (χ4n) is 2.93. The summed E-state index contributed by atoms with van der Waals surface area (Å²) < 4.78 is 0. The lowest BCUT2D eigenvalue weighted by atomic mass is 9.97. The molecule has 4 nitrogen and oxygen atoms in total. The molecule has 0 spiro atoms. The van der Waals surface area contributed by atoms with Crippen molar-refractivity contribution in [3.05, 3.63) is 16.6 Å². The normalized spacial score (nSPS) is 23.2. The summed E-state index contributed by atoms with van der Waals surface area (Å²) in [6.07, 6.45) is 7.92. The standard InChI is InChI=1S/C14H20N2O2S/c17-11(9-14(18)5-1-2-6-14)16-12(10-3-4-10)13-15-7-8-19-13/h7-8,10,12,18H,1-6,9H2,(H,16,17). The average molecular weight is 280 g/mol. The Bertz CT molecular complexity index is 436. The Kier molecular flexibility index (Phi) is 3.58. The van der Waals surface area contributed by atoms with Crippen molar-refractivity contribution in [2.75, 3.05) is 0 Å². The maximum atomic E-state index is 12.1. The zero-order valence-corrected chi connectivity index (χ0v) is 11.8. The second-order valence-corrected chi connectivity index (χ2v) is 6.79. The van der Waals surface area contributed by atoms with Crippen LogP contribution in [-0.4, -0.2) is 21.6 Å². The third-order valence-corrected chi connectivity index (χ3v) is 5.01. The molecule has 104 valence electrons. The largest absolute Gasteiger partial charge is 0.389 e. The fraction of sp³-hybridized carbons (Fsp3) is 0.714. The van der Waals surface area contributed by atoms with E-state index in [0.29, 0.717) is 5.92 Å². The summed E-state index contributed by atoms with van der Waals surface area (Å²) in [4.78, 5) is 16.5. The highest BCUT2D eigenvalue weighted by Crippen LogP contribution is 2.42. The van der Waals surface area contributed by atoms with Crippen LogP contribution < -0.4 is 5.32 Å². The van der Waals surface area contributed by atoms with Crippen LogP contribution in [0.15, 0.2) is 11.6 Å². The number of hydrogen-bond donors (Lipinski definition) is 2. The first kappa shape index (κ1) is 13.1. The summed E-state index contributed by atoms with van der Waals surface area (Å²) in [5.41, 5.74) is -0.763. The summed E-state index contributed by atoms with van der Waals surface area (Å²) in [6.45, 7) is 0. The first-order chi connectivity index (χ1) is 9.16. The zero-order chi connectivity index (χ0) is 13.3. The number of nitrogens with zero attached hydrogens (tertiary/aromatic N) is 1. The molecule has 0 aliphatic heterocycles. The van der Waals surface area contributed by atoms with Crippen LogP contribution in [-0.2, 0) is 4.79 Å². The third kappa shape index (κ3) is 3.15. The number of aromatic nitrogens is 1. The third-order valence-electron chi connectivity index (χ3n) is 4.15. The Hall–Kier alpha value is -0.940. The van der Waals surface area contributed by atoms with E-state index in [4.69, 9.17) is 0 Å². The van der Waals surface area contributed by atoms with E-state index in [1.807, 2.05) is 5.38 Å². The molecule has 3 rings (SSSR count). The Morgan fingerprint density at radius 3 is 2.84 bits per heavy atom. The van der Waals surface area contributed by atoms with E-state index < -0.39 is 5.60 Å². The Morgan fingerprint density at radius 1 is 1.53 bits per heavy atom. The molecule has 1 aromatic rings. The molecule has 1 amide bonds. The molecule has 2 saturated carbocycles. The molecule has 1 unspecified atom stereocenters. The highest BCUT2D eigenvalue weighted by Gasteiger charge is 2.38. The van der Waals surface area contributed by atoms with E-state index in [0.717, 1.165) is 43.5 Å². The van der Waals surface area contributed by atoms with Gasteiger partial charge in [0.1, 0.15) is 5.01 Å². The van der Waals surface area contributed by atoms with Crippen molar-refractivity contribution < 1.29 is 9.90 Å². The number of carbonyl (C=O) groups excluding carboxylic acids is 1. The first-order valence-electron chi connectivity index (χ1n) is 7.07. The van der Waals surface area contributed by atoms with Gasteiger partial charge in [-0.2, -0.15) is 0 Å². The molecule has 2 aliphatic rings. The maximum absolute atomic E-state index is 12.1. The van der Waals surface area contributed by atoms with Crippen molar-refractivity contribution in [3.8, 4) is 0 Å². The van der Waals surface area contributed by atoms with Crippen molar-refractivity contribution in [2.45, 2.75) is 56.6 Å². The predicted octanol–water partition coefficient (Wildman–Crippen LogP) is 2.41. The number of hydrogen-bond acceptors (Lipinski definition) is 4. The number of carbonyl (C=O) groups is 1. The number of rotatable bonds is 5. The monoisotopic (exact) mass is 280 g/mol. The van der Waals surface area contributed by atoms with Crippen LogP contribution in [0.5, 0.6) is 0 Å². The topological polar surface area (TPSA) is 62.2 Å². The van der Waals surface area contributed by atoms with Gasteiger partial charge in [-0.1, -0.05) is 12.8 Å². The molecule has 2 aliphatic carbocycles. The molecule has 2 fully saturated rings. The van der Waals surface area contributed by atoms with E-state index >= 15 is 0 Å². The van der Waals surface area contributed by atoms with Crippen LogP contribution >= 0.6 is 11.3 Å². The van der Waals surface area contributed by atoms with Crippen LogP contribution in [0.4, 0.5) is 0 Å². The molecule has 0 radical (unpaired) electrons.